The molecular formula is C22H21N3O3. The van der Waals surface area contributed by atoms with Gasteiger partial charge in [-0.15, -0.1) is 0 Å². The van der Waals surface area contributed by atoms with Gasteiger partial charge < -0.3 is 19.5 Å². The molecule has 1 saturated heterocycles. The van der Waals surface area contributed by atoms with Crippen molar-refractivity contribution < 1.29 is 14.3 Å². The minimum atomic E-state index is -0.425. The first-order valence-electron chi connectivity index (χ1n) is 9.43. The van der Waals surface area contributed by atoms with Gasteiger partial charge in [0.2, 0.25) is 11.8 Å². The molecule has 2 amide bonds. The molecule has 0 unspecified atom stereocenters. The number of H-pyrrole nitrogens is 1. The number of piperazine rings is 1. The van der Waals surface area contributed by atoms with Gasteiger partial charge in [0.05, 0.1) is 13.7 Å². The molecule has 0 spiro atoms. The summed E-state index contributed by atoms with van der Waals surface area (Å²) in [5.74, 6) is 0.795. The summed E-state index contributed by atoms with van der Waals surface area (Å²) >= 11 is 0. The maximum absolute atomic E-state index is 13.2. The maximum atomic E-state index is 13.2. The van der Waals surface area contributed by atoms with Crippen LogP contribution in [0.5, 0.6) is 5.75 Å². The first kappa shape index (κ1) is 16.9. The topological polar surface area (TPSA) is 65.6 Å². The number of amides is 2. The summed E-state index contributed by atoms with van der Waals surface area (Å²) in [5.41, 5.74) is 4.24. The quantitative estimate of drug-likeness (QED) is 0.765. The molecule has 1 fully saturated rings. The Labute approximate surface area is 162 Å². The number of rotatable bonds is 3. The summed E-state index contributed by atoms with van der Waals surface area (Å²) in [5, 5.41) is 1.14. The Hall–Kier alpha value is -3.28. The number of methoxy groups -OCH3 is 1. The van der Waals surface area contributed by atoms with Crippen LogP contribution >= 0.6 is 0 Å². The molecule has 2 aliphatic rings. The number of carbonyl (C=O) groups excluding carboxylic acids is 2. The third-order valence-electron chi connectivity index (χ3n) is 5.78. The Morgan fingerprint density at radius 3 is 2.64 bits per heavy atom. The average Bonchev–Trinajstić information content (AvgIpc) is 3.09. The van der Waals surface area contributed by atoms with E-state index in [0.717, 1.165) is 33.5 Å². The monoisotopic (exact) mass is 375 g/mol. The number of fused-ring (bicyclic) bond motifs is 4. The number of aromatic nitrogens is 1. The van der Waals surface area contributed by atoms with Crippen molar-refractivity contribution in [3.05, 3.63) is 65.4 Å². The number of nitrogens with one attached hydrogen (secondary N) is 1. The lowest BCUT2D eigenvalue weighted by Gasteiger charge is -2.42. The Kier molecular flexibility index (Phi) is 3.86. The van der Waals surface area contributed by atoms with Crippen LogP contribution in [-0.2, 0) is 29.1 Å². The lowest BCUT2D eigenvalue weighted by molar-refractivity contribution is -0.157. The van der Waals surface area contributed by atoms with E-state index in [2.05, 4.69) is 11.1 Å². The summed E-state index contributed by atoms with van der Waals surface area (Å²) in [7, 11) is 1.62. The summed E-state index contributed by atoms with van der Waals surface area (Å²) in [6.45, 7) is 1.02. The van der Waals surface area contributed by atoms with E-state index in [1.54, 1.807) is 16.9 Å². The lowest BCUT2D eigenvalue weighted by atomic mass is 9.93. The predicted octanol–water partition coefficient (Wildman–Crippen LogP) is 2.47. The highest BCUT2D eigenvalue weighted by atomic mass is 16.5. The lowest BCUT2D eigenvalue weighted by Crippen LogP contribution is -2.61. The van der Waals surface area contributed by atoms with Crippen molar-refractivity contribution in [2.24, 2.45) is 0 Å². The predicted molar refractivity (Wildman–Crippen MR) is 105 cm³/mol. The Balaban J connectivity index is 1.42. The molecule has 0 saturated carbocycles. The second kappa shape index (κ2) is 6.41. The number of nitrogens with zero attached hydrogens (tertiary/aromatic N) is 2. The molecular weight excluding hydrogens is 354 g/mol. The highest BCUT2D eigenvalue weighted by Crippen LogP contribution is 2.32. The zero-order valence-corrected chi connectivity index (χ0v) is 15.6. The zero-order chi connectivity index (χ0) is 19.3. The van der Waals surface area contributed by atoms with Crippen molar-refractivity contribution >= 4 is 22.7 Å². The van der Waals surface area contributed by atoms with Crippen molar-refractivity contribution in [2.75, 3.05) is 13.7 Å². The number of carbonyl (C=O) groups is 2. The average molecular weight is 375 g/mol. The summed E-state index contributed by atoms with van der Waals surface area (Å²) in [6.07, 6.45) is 0.559. The number of ether oxygens (including phenoxy) is 1. The molecule has 2 aromatic carbocycles. The molecule has 5 rings (SSSR count). The molecule has 6 heteroatoms. The number of benzene rings is 2. The highest BCUT2D eigenvalue weighted by Gasteiger charge is 2.42. The van der Waals surface area contributed by atoms with Gasteiger partial charge in [-0.25, -0.2) is 0 Å². The van der Waals surface area contributed by atoms with Gasteiger partial charge in [0.1, 0.15) is 18.3 Å². The molecule has 0 radical (unpaired) electrons. The van der Waals surface area contributed by atoms with Crippen molar-refractivity contribution in [3.8, 4) is 5.75 Å². The fourth-order valence-electron chi connectivity index (χ4n) is 4.32. The zero-order valence-electron chi connectivity index (χ0n) is 15.6. The Morgan fingerprint density at radius 1 is 1.07 bits per heavy atom. The Morgan fingerprint density at radius 2 is 1.86 bits per heavy atom. The van der Waals surface area contributed by atoms with Crippen LogP contribution in [0.3, 0.4) is 0 Å². The summed E-state index contributed by atoms with van der Waals surface area (Å²) in [4.78, 5) is 32.8. The fraction of sp³-hybridized carbons (Fsp3) is 0.273. The summed E-state index contributed by atoms with van der Waals surface area (Å²) in [6, 6.07) is 15.3. The van der Waals surface area contributed by atoms with Crippen LogP contribution in [0.2, 0.25) is 0 Å². The third kappa shape index (κ3) is 2.64. The first-order valence-corrected chi connectivity index (χ1v) is 9.43. The molecule has 142 valence electrons. The van der Waals surface area contributed by atoms with Crippen molar-refractivity contribution in [2.45, 2.75) is 25.6 Å². The maximum Gasteiger partial charge on any atom is 0.246 e. The number of hydrogen-bond donors (Lipinski definition) is 1. The molecule has 3 aromatic rings. The minimum absolute atomic E-state index is 0.00224. The largest absolute Gasteiger partial charge is 0.497 e. The van der Waals surface area contributed by atoms with Gasteiger partial charge in [-0.1, -0.05) is 30.3 Å². The van der Waals surface area contributed by atoms with E-state index in [0.29, 0.717) is 19.5 Å². The molecule has 1 N–H and O–H groups in total. The molecule has 0 bridgehead atoms. The van der Waals surface area contributed by atoms with Crippen LogP contribution in [0, 0.1) is 0 Å². The van der Waals surface area contributed by atoms with Crippen molar-refractivity contribution in [3.63, 3.8) is 0 Å². The Bertz CT molecular complexity index is 1070. The first-order chi connectivity index (χ1) is 13.6. The van der Waals surface area contributed by atoms with Gasteiger partial charge in [0, 0.05) is 29.6 Å². The van der Waals surface area contributed by atoms with Crippen LogP contribution in [0.15, 0.2) is 48.5 Å². The number of hydrogen-bond acceptors (Lipinski definition) is 3. The highest BCUT2D eigenvalue weighted by molar-refractivity contribution is 5.96. The van der Waals surface area contributed by atoms with E-state index in [1.807, 2.05) is 42.5 Å². The van der Waals surface area contributed by atoms with Crippen LogP contribution in [0.1, 0.15) is 16.8 Å². The van der Waals surface area contributed by atoms with E-state index in [-0.39, 0.29) is 18.4 Å². The smallest absolute Gasteiger partial charge is 0.246 e. The molecule has 2 aliphatic heterocycles. The van der Waals surface area contributed by atoms with Gasteiger partial charge in [-0.2, -0.15) is 0 Å². The van der Waals surface area contributed by atoms with Crippen LogP contribution < -0.4 is 4.74 Å². The van der Waals surface area contributed by atoms with Crippen LogP contribution in [0.25, 0.3) is 10.9 Å². The minimum Gasteiger partial charge on any atom is -0.497 e. The van der Waals surface area contributed by atoms with E-state index >= 15 is 0 Å². The van der Waals surface area contributed by atoms with Crippen LogP contribution in [-0.4, -0.2) is 46.3 Å². The molecule has 1 aromatic heterocycles. The van der Waals surface area contributed by atoms with Crippen molar-refractivity contribution in [1.29, 1.82) is 0 Å². The van der Waals surface area contributed by atoms with Gasteiger partial charge in [-0.3, -0.25) is 9.59 Å². The molecule has 28 heavy (non-hydrogen) atoms. The van der Waals surface area contributed by atoms with Crippen LogP contribution in [0.4, 0.5) is 0 Å². The van der Waals surface area contributed by atoms with Gasteiger partial charge in [0.25, 0.3) is 0 Å². The fourth-order valence-corrected chi connectivity index (χ4v) is 4.32. The van der Waals surface area contributed by atoms with E-state index in [1.165, 1.54) is 0 Å². The molecule has 6 nitrogen and oxygen atoms in total. The van der Waals surface area contributed by atoms with Gasteiger partial charge in [0.15, 0.2) is 0 Å². The second-order valence-corrected chi connectivity index (χ2v) is 7.41. The third-order valence-corrected chi connectivity index (χ3v) is 5.78. The van der Waals surface area contributed by atoms with Gasteiger partial charge >= 0.3 is 0 Å². The summed E-state index contributed by atoms with van der Waals surface area (Å²) < 4.78 is 5.18. The number of aromatic amines is 1. The van der Waals surface area contributed by atoms with E-state index in [9.17, 15) is 9.59 Å². The SMILES string of the molecule is COc1ccc(CN2CC(=O)N3Cc4[nH]c5ccccc5c4C[C@@H]3C2=O)cc1. The van der Waals surface area contributed by atoms with Crippen molar-refractivity contribution in [1.82, 2.24) is 14.8 Å². The van der Waals surface area contributed by atoms with E-state index in [4.69, 9.17) is 4.74 Å². The van der Waals surface area contributed by atoms with E-state index < -0.39 is 6.04 Å². The molecule has 3 heterocycles. The molecule has 0 aliphatic carbocycles. The standard InChI is InChI=1S/C22H21N3O3/c1-28-15-8-6-14(7-9-15)11-24-13-21(26)25-12-19-17(10-20(25)22(24)27)16-4-2-3-5-18(16)23-19/h2-9,20,23H,10-13H2,1H3/t20-/m1/s1. The van der Waals surface area contributed by atoms with Gasteiger partial charge in [-0.05, 0) is 29.3 Å². The number of para-hydroxylation sites is 1. The normalized spacial score (nSPS) is 19.0. The molecule has 1 atom stereocenters. The second-order valence-electron chi connectivity index (χ2n) is 7.41.